The first-order valence-corrected chi connectivity index (χ1v) is 6.43. The predicted molar refractivity (Wildman–Crippen MR) is 67.8 cm³/mol. The minimum Gasteiger partial charge on any atom is -0.271 e. The number of hydrogen-bond donors (Lipinski definition) is 2. The highest BCUT2D eigenvalue weighted by Crippen LogP contribution is 2.33. The van der Waals surface area contributed by atoms with E-state index >= 15 is 0 Å². The van der Waals surface area contributed by atoms with Gasteiger partial charge in [-0.15, -0.1) is 0 Å². The average Bonchev–Trinajstić information content (AvgIpc) is 2.79. The summed E-state index contributed by atoms with van der Waals surface area (Å²) in [5.41, 5.74) is 4.99. The van der Waals surface area contributed by atoms with Gasteiger partial charge in [0.2, 0.25) is 0 Å². The van der Waals surface area contributed by atoms with Crippen molar-refractivity contribution < 1.29 is 4.39 Å². The van der Waals surface area contributed by atoms with Crippen molar-refractivity contribution in [1.82, 2.24) is 5.43 Å². The van der Waals surface area contributed by atoms with Crippen LogP contribution in [0.15, 0.2) is 18.2 Å². The van der Waals surface area contributed by atoms with Gasteiger partial charge in [-0.05, 0) is 42.5 Å². The maximum Gasteiger partial charge on any atom is 0.123 e. The van der Waals surface area contributed by atoms with Gasteiger partial charge in [-0.25, -0.2) is 4.39 Å². The third kappa shape index (κ3) is 3.05. The van der Waals surface area contributed by atoms with Crippen LogP contribution in [0.5, 0.6) is 0 Å². The lowest BCUT2D eigenvalue weighted by atomic mass is 9.92. The molecule has 0 amide bonds. The van der Waals surface area contributed by atoms with Crippen LogP contribution in [0.4, 0.5) is 4.39 Å². The Bertz CT molecular complexity index is 372. The lowest BCUT2D eigenvalue weighted by molar-refractivity contribution is 0.399. The largest absolute Gasteiger partial charge is 0.271 e. The number of hydrazine groups is 1. The Hall–Kier alpha value is -0.930. The van der Waals surface area contributed by atoms with Gasteiger partial charge in [0.25, 0.3) is 0 Å². The SMILES string of the molecule is Cc1cc(F)ccc1C(CC1CCCC1)NN. The summed E-state index contributed by atoms with van der Waals surface area (Å²) in [6.45, 7) is 1.94. The van der Waals surface area contributed by atoms with E-state index in [0.29, 0.717) is 0 Å². The van der Waals surface area contributed by atoms with E-state index in [1.54, 1.807) is 6.07 Å². The lowest BCUT2D eigenvalue weighted by Gasteiger charge is -2.21. The second kappa shape index (κ2) is 5.61. The van der Waals surface area contributed by atoms with Crippen LogP contribution in [-0.4, -0.2) is 0 Å². The van der Waals surface area contributed by atoms with E-state index in [2.05, 4.69) is 5.43 Å². The summed E-state index contributed by atoms with van der Waals surface area (Å²) < 4.78 is 13.1. The number of hydrogen-bond acceptors (Lipinski definition) is 2. The Morgan fingerprint density at radius 2 is 2.12 bits per heavy atom. The fourth-order valence-corrected chi connectivity index (χ4v) is 2.89. The van der Waals surface area contributed by atoms with Crippen LogP contribution in [0.25, 0.3) is 0 Å². The molecule has 1 aromatic rings. The van der Waals surface area contributed by atoms with E-state index in [0.717, 1.165) is 23.5 Å². The molecule has 3 heteroatoms. The molecule has 1 atom stereocenters. The molecule has 0 aromatic heterocycles. The molecule has 0 spiro atoms. The summed E-state index contributed by atoms with van der Waals surface area (Å²) in [4.78, 5) is 0. The fraction of sp³-hybridized carbons (Fsp3) is 0.571. The number of nitrogens with two attached hydrogens (primary N) is 1. The Kier molecular flexibility index (Phi) is 4.13. The third-order valence-corrected chi connectivity index (χ3v) is 3.85. The highest BCUT2D eigenvalue weighted by atomic mass is 19.1. The van der Waals surface area contributed by atoms with Crippen LogP contribution in [0, 0.1) is 18.7 Å². The minimum atomic E-state index is -0.178. The number of aryl methyl sites for hydroxylation is 1. The molecular weight excluding hydrogens is 215 g/mol. The van der Waals surface area contributed by atoms with Gasteiger partial charge < -0.3 is 0 Å². The van der Waals surface area contributed by atoms with Crippen LogP contribution in [0.3, 0.4) is 0 Å². The van der Waals surface area contributed by atoms with Crippen molar-refractivity contribution >= 4 is 0 Å². The first kappa shape index (κ1) is 12.5. The molecule has 1 unspecified atom stereocenters. The first-order chi connectivity index (χ1) is 8.20. The van der Waals surface area contributed by atoms with Crippen molar-refractivity contribution in [2.24, 2.45) is 11.8 Å². The van der Waals surface area contributed by atoms with Crippen LogP contribution >= 0.6 is 0 Å². The van der Waals surface area contributed by atoms with E-state index in [1.807, 2.05) is 13.0 Å². The monoisotopic (exact) mass is 236 g/mol. The summed E-state index contributed by atoms with van der Waals surface area (Å²) in [6.07, 6.45) is 6.34. The van der Waals surface area contributed by atoms with Gasteiger partial charge in [-0.3, -0.25) is 11.3 Å². The van der Waals surface area contributed by atoms with Crippen LogP contribution in [-0.2, 0) is 0 Å². The van der Waals surface area contributed by atoms with E-state index in [-0.39, 0.29) is 11.9 Å². The van der Waals surface area contributed by atoms with Gasteiger partial charge in [-0.2, -0.15) is 0 Å². The van der Waals surface area contributed by atoms with E-state index < -0.39 is 0 Å². The standard InChI is InChI=1S/C14H21FN2/c1-10-8-12(15)6-7-13(10)14(17-16)9-11-4-2-3-5-11/h6-8,11,14,17H,2-5,9,16H2,1H3. The number of benzene rings is 1. The maximum absolute atomic E-state index is 13.1. The van der Waals surface area contributed by atoms with Gasteiger partial charge in [0, 0.05) is 6.04 Å². The van der Waals surface area contributed by atoms with Crippen molar-refractivity contribution in [2.45, 2.75) is 45.1 Å². The molecule has 1 aromatic carbocycles. The van der Waals surface area contributed by atoms with Gasteiger partial charge >= 0.3 is 0 Å². The van der Waals surface area contributed by atoms with Crippen molar-refractivity contribution in [2.75, 3.05) is 0 Å². The molecule has 0 radical (unpaired) electrons. The smallest absolute Gasteiger partial charge is 0.123 e. The highest BCUT2D eigenvalue weighted by Gasteiger charge is 2.21. The number of nitrogens with one attached hydrogen (secondary N) is 1. The normalized spacial score (nSPS) is 18.5. The molecule has 17 heavy (non-hydrogen) atoms. The second-order valence-electron chi connectivity index (χ2n) is 5.11. The molecule has 1 fully saturated rings. The molecular formula is C14H21FN2. The Morgan fingerprint density at radius 1 is 1.41 bits per heavy atom. The summed E-state index contributed by atoms with van der Waals surface area (Å²) in [6, 6.07) is 5.10. The molecule has 1 aliphatic rings. The Balaban J connectivity index is 2.10. The van der Waals surface area contributed by atoms with Crippen molar-refractivity contribution in [3.8, 4) is 0 Å². The highest BCUT2D eigenvalue weighted by molar-refractivity contribution is 5.29. The molecule has 2 nitrogen and oxygen atoms in total. The molecule has 94 valence electrons. The summed E-state index contributed by atoms with van der Waals surface area (Å²) in [5.74, 6) is 6.23. The fourth-order valence-electron chi connectivity index (χ4n) is 2.89. The molecule has 1 saturated carbocycles. The Morgan fingerprint density at radius 3 is 2.71 bits per heavy atom. The minimum absolute atomic E-state index is 0.152. The first-order valence-electron chi connectivity index (χ1n) is 6.43. The third-order valence-electron chi connectivity index (χ3n) is 3.85. The van der Waals surface area contributed by atoms with Crippen molar-refractivity contribution in [1.29, 1.82) is 0 Å². The molecule has 0 heterocycles. The van der Waals surface area contributed by atoms with Crippen LogP contribution < -0.4 is 11.3 Å². The second-order valence-corrected chi connectivity index (χ2v) is 5.11. The van der Waals surface area contributed by atoms with E-state index in [1.165, 1.54) is 31.7 Å². The van der Waals surface area contributed by atoms with Gasteiger partial charge in [0.15, 0.2) is 0 Å². The van der Waals surface area contributed by atoms with Crippen LogP contribution in [0.2, 0.25) is 0 Å². The molecule has 1 aliphatic carbocycles. The molecule has 0 aliphatic heterocycles. The average molecular weight is 236 g/mol. The molecule has 2 rings (SSSR count). The number of halogens is 1. The Labute approximate surface area is 102 Å². The predicted octanol–water partition coefficient (Wildman–Crippen LogP) is 3.22. The van der Waals surface area contributed by atoms with Crippen molar-refractivity contribution in [3.63, 3.8) is 0 Å². The number of rotatable bonds is 4. The van der Waals surface area contributed by atoms with Crippen molar-refractivity contribution in [3.05, 3.63) is 35.1 Å². The topological polar surface area (TPSA) is 38.0 Å². The lowest BCUT2D eigenvalue weighted by Crippen LogP contribution is -2.30. The van der Waals surface area contributed by atoms with Crippen LogP contribution in [0.1, 0.15) is 49.3 Å². The zero-order valence-corrected chi connectivity index (χ0v) is 10.4. The zero-order chi connectivity index (χ0) is 12.3. The summed E-state index contributed by atoms with van der Waals surface area (Å²) in [5, 5.41) is 0. The van der Waals surface area contributed by atoms with E-state index in [9.17, 15) is 4.39 Å². The summed E-state index contributed by atoms with van der Waals surface area (Å²) >= 11 is 0. The van der Waals surface area contributed by atoms with Gasteiger partial charge in [-0.1, -0.05) is 31.7 Å². The molecule has 0 bridgehead atoms. The van der Waals surface area contributed by atoms with Gasteiger partial charge in [0.1, 0.15) is 5.82 Å². The molecule has 3 N–H and O–H groups in total. The quantitative estimate of drug-likeness (QED) is 0.622. The van der Waals surface area contributed by atoms with E-state index in [4.69, 9.17) is 5.84 Å². The summed E-state index contributed by atoms with van der Waals surface area (Å²) in [7, 11) is 0. The maximum atomic E-state index is 13.1. The zero-order valence-electron chi connectivity index (χ0n) is 10.4. The van der Waals surface area contributed by atoms with Gasteiger partial charge in [0.05, 0.1) is 0 Å². The molecule has 0 saturated heterocycles.